The predicted molar refractivity (Wildman–Crippen MR) is 60.3 cm³/mol. The van der Waals surface area contributed by atoms with E-state index in [1.807, 2.05) is 0 Å². The summed E-state index contributed by atoms with van der Waals surface area (Å²) in [5, 5.41) is 16.2. The van der Waals surface area contributed by atoms with E-state index in [4.69, 9.17) is 5.73 Å². The molecule has 4 N–H and O–H groups in total. The summed E-state index contributed by atoms with van der Waals surface area (Å²) in [6, 6.07) is 2.45. The molecule has 1 unspecified atom stereocenters. The first-order valence-corrected chi connectivity index (χ1v) is 5.00. The van der Waals surface area contributed by atoms with E-state index in [0.717, 1.165) is 0 Å². The van der Waals surface area contributed by atoms with Crippen LogP contribution in [0.4, 0.5) is 17.3 Å². The van der Waals surface area contributed by atoms with Gasteiger partial charge in [0.2, 0.25) is 11.7 Å². The molecule has 0 aliphatic carbocycles. The number of hydrogen-bond donors (Lipinski definition) is 3. The van der Waals surface area contributed by atoms with Gasteiger partial charge in [0.1, 0.15) is 5.82 Å². The Morgan fingerprint density at radius 2 is 2.35 bits per heavy atom. The van der Waals surface area contributed by atoms with E-state index in [-0.39, 0.29) is 35.7 Å². The fourth-order valence-electron chi connectivity index (χ4n) is 1.62. The highest BCUT2D eigenvalue weighted by molar-refractivity contribution is 5.79. The molecule has 2 heterocycles. The van der Waals surface area contributed by atoms with Gasteiger partial charge in [-0.3, -0.25) is 14.9 Å². The first-order chi connectivity index (χ1) is 8.06. The second-order valence-corrected chi connectivity index (χ2v) is 3.71. The molecule has 0 saturated carbocycles. The molecule has 17 heavy (non-hydrogen) atoms. The van der Waals surface area contributed by atoms with Gasteiger partial charge < -0.3 is 16.4 Å². The number of nitrogens with two attached hydrogens (primary N) is 1. The Morgan fingerprint density at radius 1 is 1.59 bits per heavy atom. The van der Waals surface area contributed by atoms with Crippen LogP contribution in [-0.2, 0) is 4.79 Å². The molecule has 0 bridgehead atoms. The monoisotopic (exact) mass is 237 g/mol. The molecule has 1 aliphatic rings. The van der Waals surface area contributed by atoms with Crippen molar-refractivity contribution in [1.29, 1.82) is 0 Å². The van der Waals surface area contributed by atoms with E-state index < -0.39 is 4.92 Å². The smallest absolute Gasteiger partial charge is 0.311 e. The summed E-state index contributed by atoms with van der Waals surface area (Å²) in [6.45, 7) is 0.423. The van der Waals surface area contributed by atoms with Gasteiger partial charge in [0, 0.05) is 19.0 Å². The Bertz CT molecular complexity index is 476. The molecule has 1 amide bonds. The van der Waals surface area contributed by atoms with Crippen molar-refractivity contribution < 1.29 is 9.72 Å². The van der Waals surface area contributed by atoms with Gasteiger partial charge in [0.15, 0.2) is 0 Å². The number of pyridine rings is 1. The largest absolute Gasteiger partial charge is 0.384 e. The maximum absolute atomic E-state index is 11.0. The van der Waals surface area contributed by atoms with Gasteiger partial charge in [-0.2, -0.15) is 0 Å². The summed E-state index contributed by atoms with van der Waals surface area (Å²) in [7, 11) is 0. The minimum Gasteiger partial charge on any atom is -0.384 e. The van der Waals surface area contributed by atoms with E-state index >= 15 is 0 Å². The summed E-state index contributed by atoms with van der Waals surface area (Å²) >= 11 is 0. The lowest BCUT2D eigenvalue weighted by Gasteiger charge is -2.11. The van der Waals surface area contributed by atoms with Crippen LogP contribution in [0, 0.1) is 10.1 Å². The molecule has 8 heteroatoms. The Kier molecular flexibility index (Phi) is 2.77. The summed E-state index contributed by atoms with van der Waals surface area (Å²) in [4.78, 5) is 25.1. The van der Waals surface area contributed by atoms with E-state index in [1.165, 1.54) is 12.1 Å². The number of hydrogen-bond acceptors (Lipinski definition) is 6. The Labute approximate surface area is 96.4 Å². The van der Waals surface area contributed by atoms with Crippen LogP contribution in [0.3, 0.4) is 0 Å². The van der Waals surface area contributed by atoms with E-state index in [1.54, 1.807) is 0 Å². The fourth-order valence-corrected chi connectivity index (χ4v) is 1.62. The van der Waals surface area contributed by atoms with Crippen molar-refractivity contribution in [2.75, 3.05) is 17.6 Å². The Morgan fingerprint density at radius 3 is 2.94 bits per heavy atom. The fraction of sp³-hybridized carbons (Fsp3) is 0.333. The number of amides is 1. The van der Waals surface area contributed by atoms with Crippen molar-refractivity contribution >= 4 is 23.2 Å². The number of carbonyl (C=O) groups excluding carboxylic acids is 1. The van der Waals surface area contributed by atoms with Crippen molar-refractivity contribution in [3.63, 3.8) is 0 Å². The van der Waals surface area contributed by atoms with Crippen LogP contribution in [0.25, 0.3) is 0 Å². The second-order valence-electron chi connectivity index (χ2n) is 3.71. The third-order valence-corrected chi connectivity index (χ3v) is 2.41. The van der Waals surface area contributed by atoms with E-state index in [2.05, 4.69) is 15.6 Å². The van der Waals surface area contributed by atoms with Gasteiger partial charge in [-0.15, -0.1) is 0 Å². The predicted octanol–water partition coefficient (Wildman–Crippen LogP) is -0.128. The number of nitro groups is 1. The van der Waals surface area contributed by atoms with Crippen molar-refractivity contribution in [3.8, 4) is 0 Å². The second kappa shape index (κ2) is 4.24. The van der Waals surface area contributed by atoms with Gasteiger partial charge >= 0.3 is 5.69 Å². The van der Waals surface area contributed by atoms with E-state index in [0.29, 0.717) is 6.54 Å². The first-order valence-electron chi connectivity index (χ1n) is 5.00. The highest BCUT2D eigenvalue weighted by atomic mass is 16.6. The van der Waals surface area contributed by atoms with Crippen LogP contribution in [-0.4, -0.2) is 28.4 Å². The van der Waals surface area contributed by atoms with Gasteiger partial charge in [0.05, 0.1) is 11.0 Å². The molecule has 0 spiro atoms. The highest BCUT2D eigenvalue weighted by Crippen LogP contribution is 2.24. The van der Waals surface area contributed by atoms with Crippen molar-refractivity contribution in [2.45, 2.75) is 12.5 Å². The average molecular weight is 237 g/mol. The summed E-state index contributed by atoms with van der Waals surface area (Å²) in [6.07, 6.45) is 0.271. The molecule has 1 aromatic rings. The normalized spacial score (nSPS) is 18.8. The van der Waals surface area contributed by atoms with Gasteiger partial charge in [-0.25, -0.2) is 4.98 Å². The lowest BCUT2D eigenvalue weighted by Crippen LogP contribution is -2.23. The zero-order valence-corrected chi connectivity index (χ0v) is 8.84. The van der Waals surface area contributed by atoms with Crippen molar-refractivity contribution in [1.82, 2.24) is 10.3 Å². The first kappa shape index (κ1) is 11.1. The molecule has 1 fully saturated rings. The number of nitrogens with one attached hydrogen (secondary N) is 2. The average Bonchev–Trinajstić information content (AvgIpc) is 2.63. The third kappa shape index (κ3) is 2.41. The van der Waals surface area contributed by atoms with Crippen LogP contribution < -0.4 is 16.4 Å². The van der Waals surface area contributed by atoms with Crippen LogP contribution in [0.15, 0.2) is 12.1 Å². The molecule has 1 aliphatic heterocycles. The molecule has 8 nitrogen and oxygen atoms in total. The molecular formula is C9H11N5O3. The SMILES string of the molecule is Nc1ccc([N+](=O)[O-])c(NC2CNC(=O)C2)n1. The lowest BCUT2D eigenvalue weighted by molar-refractivity contribution is -0.384. The minimum absolute atomic E-state index is 0.0888. The number of anilines is 2. The molecular weight excluding hydrogens is 226 g/mol. The van der Waals surface area contributed by atoms with Crippen LogP contribution >= 0.6 is 0 Å². The zero-order chi connectivity index (χ0) is 12.4. The molecule has 1 saturated heterocycles. The molecule has 0 aromatic carbocycles. The number of aromatic nitrogens is 1. The van der Waals surface area contributed by atoms with Crippen LogP contribution in [0.2, 0.25) is 0 Å². The third-order valence-electron chi connectivity index (χ3n) is 2.41. The number of carbonyl (C=O) groups is 1. The molecule has 2 rings (SSSR count). The maximum atomic E-state index is 11.0. The molecule has 90 valence electrons. The summed E-state index contributed by atoms with van der Waals surface area (Å²) in [5.41, 5.74) is 5.32. The minimum atomic E-state index is -0.543. The number of nitrogen functional groups attached to an aromatic ring is 1. The molecule has 0 radical (unpaired) electrons. The van der Waals surface area contributed by atoms with Crippen LogP contribution in [0.5, 0.6) is 0 Å². The maximum Gasteiger partial charge on any atom is 0.311 e. The molecule has 1 atom stereocenters. The number of nitrogens with zero attached hydrogens (tertiary/aromatic N) is 2. The van der Waals surface area contributed by atoms with Gasteiger partial charge in [-0.05, 0) is 6.07 Å². The quantitative estimate of drug-likeness (QED) is 0.497. The Hall–Kier alpha value is -2.38. The van der Waals surface area contributed by atoms with E-state index in [9.17, 15) is 14.9 Å². The lowest BCUT2D eigenvalue weighted by atomic mass is 10.2. The summed E-state index contributed by atoms with van der Waals surface area (Å²) in [5.74, 6) is 0.195. The van der Waals surface area contributed by atoms with Crippen LogP contribution in [0.1, 0.15) is 6.42 Å². The summed E-state index contributed by atoms with van der Waals surface area (Å²) < 4.78 is 0. The topological polar surface area (TPSA) is 123 Å². The van der Waals surface area contributed by atoms with Gasteiger partial charge in [0.25, 0.3) is 0 Å². The van der Waals surface area contributed by atoms with Crippen molar-refractivity contribution in [3.05, 3.63) is 22.2 Å². The standard InChI is InChI=1S/C9H11N5O3/c10-7-2-1-6(14(16)17)9(13-7)12-5-3-8(15)11-4-5/h1-2,5H,3-4H2,(H,11,15)(H3,10,12,13). The number of rotatable bonds is 3. The zero-order valence-electron chi connectivity index (χ0n) is 8.84. The Balaban J connectivity index is 2.21. The van der Waals surface area contributed by atoms with Gasteiger partial charge in [-0.1, -0.05) is 0 Å². The molecule has 1 aromatic heterocycles. The van der Waals surface area contributed by atoms with Crippen molar-refractivity contribution in [2.24, 2.45) is 0 Å². The highest BCUT2D eigenvalue weighted by Gasteiger charge is 2.25.